The molecule has 0 aromatic carbocycles. The van der Waals surface area contributed by atoms with Gasteiger partial charge in [-0.15, -0.1) is 22.7 Å². The molecule has 2 aromatic rings. The maximum Gasteiger partial charge on any atom is 0.115 e. The van der Waals surface area contributed by atoms with Gasteiger partial charge in [-0.3, -0.25) is 0 Å². The number of aryl methyl sites for hydroxylation is 2. The molecule has 2 heterocycles. The summed E-state index contributed by atoms with van der Waals surface area (Å²) >= 11 is 10.3. The minimum Gasteiger partial charge on any atom is -0.318 e. The minimum absolute atomic E-state index is 0.119. The highest BCUT2D eigenvalue weighted by molar-refractivity contribution is 9.13. The summed E-state index contributed by atoms with van der Waals surface area (Å²) in [5.74, 6) is 0. The SMILES string of the molecule is CCc1nc(C(N)c2cc(Br)c(Br)s2)sc1C. The summed E-state index contributed by atoms with van der Waals surface area (Å²) in [6.45, 7) is 4.22. The number of thiophene rings is 1. The van der Waals surface area contributed by atoms with E-state index in [1.165, 1.54) is 4.88 Å². The van der Waals surface area contributed by atoms with Crippen molar-refractivity contribution in [2.75, 3.05) is 0 Å². The van der Waals surface area contributed by atoms with E-state index in [1.807, 2.05) is 0 Å². The van der Waals surface area contributed by atoms with Crippen LogP contribution in [0.1, 0.15) is 33.4 Å². The molecule has 2 aromatic heterocycles. The third kappa shape index (κ3) is 2.81. The number of rotatable bonds is 3. The highest BCUT2D eigenvalue weighted by atomic mass is 79.9. The Morgan fingerprint density at radius 2 is 2.12 bits per heavy atom. The van der Waals surface area contributed by atoms with E-state index in [0.29, 0.717) is 0 Å². The quantitative estimate of drug-likeness (QED) is 0.821. The molecule has 0 fully saturated rings. The summed E-state index contributed by atoms with van der Waals surface area (Å²) in [5, 5.41) is 1.00. The van der Waals surface area contributed by atoms with Gasteiger partial charge in [0.2, 0.25) is 0 Å². The van der Waals surface area contributed by atoms with Crippen LogP contribution in [-0.2, 0) is 6.42 Å². The molecule has 0 radical (unpaired) electrons. The van der Waals surface area contributed by atoms with Gasteiger partial charge in [0.05, 0.1) is 15.5 Å². The fraction of sp³-hybridized carbons (Fsp3) is 0.364. The molecule has 0 aliphatic carbocycles. The Balaban J connectivity index is 2.32. The van der Waals surface area contributed by atoms with Crippen LogP contribution in [0.15, 0.2) is 14.3 Å². The molecule has 0 spiro atoms. The van der Waals surface area contributed by atoms with Crippen LogP contribution in [0.5, 0.6) is 0 Å². The topological polar surface area (TPSA) is 38.9 Å². The molecule has 0 aliphatic heterocycles. The maximum atomic E-state index is 6.25. The van der Waals surface area contributed by atoms with Gasteiger partial charge in [0.15, 0.2) is 0 Å². The van der Waals surface area contributed by atoms with Gasteiger partial charge in [0.1, 0.15) is 5.01 Å². The molecule has 0 amide bonds. The average molecular weight is 396 g/mol. The Labute approximate surface area is 126 Å². The molecule has 0 aliphatic rings. The van der Waals surface area contributed by atoms with Gasteiger partial charge in [0.25, 0.3) is 0 Å². The first-order chi connectivity index (χ1) is 8.02. The summed E-state index contributed by atoms with van der Waals surface area (Å²) in [5.41, 5.74) is 7.41. The highest BCUT2D eigenvalue weighted by Gasteiger charge is 2.18. The fourth-order valence-corrected chi connectivity index (χ4v) is 4.75. The second-order valence-electron chi connectivity index (χ2n) is 3.66. The van der Waals surface area contributed by atoms with Gasteiger partial charge < -0.3 is 5.73 Å². The standard InChI is InChI=1S/C11H12Br2N2S2/c1-3-7-5(2)16-11(15-7)9(14)8-4-6(12)10(13)17-8/h4,9H,3,14H2,1-2H3. The molecule has 0 bridgehead atoms. The number of hydrogen-bond donors (Lipinski definition) is 1. The predicted octanol–water partition coefficient (Wildman–Crippen LogP) is 4.65. The zero-order valence-electron chi connectivity index (χ0n) is 9.46. The van der Waals surface area contributed by atoms with E-state index in [-0.39, 0.29) is 6.04 Å². The Morgan fingerprint density at radius 1 is 1.41 bits per heavy atom. The van der Waals surface area contributed by atoms with Crippen molar-refractivity contribution in [3.05, 3.63) is 34.8 Å². The van der Waals surface area contributed by atoms with E-state index in [2.05, 4.69) is 56.8 Å². The van der Waals surface area contributed by atoms with Crippen LogP contribution in [-0.4, -0.2) is 4.98 Å². The Morgan fingerprint density at radius 3 is 2.59 bits per heavy atom. The molecule has 17 heavy (non-hydrogen) atoms. The molecule has 2 N–H and O–H groups in total. The second-order valence-corrected chi connectivity index (χ2v) is 8.15. The first-order valence-electron chi connectivity index (χ1n) is 5.19. The van der Waals surface area contributed by atoms with Crippen LogP contribution in [0.3, 0.4) is 0 Å². The summed E-state index contributed by atoms with van der Waals surface area (Å²) in [7, 11) is 0. The van der Waals surface area contributed by atoms with Crippen LogP contribution < -0.4 is 5.73 Å². The zero-order valence-corrected chi connectivity index (χ0v) is 14.3. The lowest BCUT2D eigenvalue weighted by Crippen LogP contribution is -2.09. The van der Waals surface area contributed by atoms with Crippen LogP contribution in [0.4, 0.5) is 0 Å². The van der Waals surface area contributed by atoms with E-state index in [0.717, 1.165) is 30.3 Å². The average Bonchev–Trinajstić information content (AvgIpc) is 2.82. The molecule has 6 heteroatoms. The van der Waals surface area contributed by atoms with Crippen molar-refractivity contribution in [2.24, 2.45) is 5.73 Å². The van der Waals surface area contributed by atoms with Crippen molar-refractivity contribution >= 4 is 54.5 Å². The van der Waals surface area contributed by atoms with Gasteiger partial charge in [-0.25, -0.2) is 4.98 Å². The number of nitrogens with two attached hydrogens (primary N) is 1. The third-order valence-electron chi connectivity index (χ3n) is 2.48. The molecular weight excluding hydrogens is 384 g/mol. The smallest absolute Gasteiger partial charge is 0.115 e. The summed E-state index contributed by atoms with van der Waals surface area (Å²) in [4.78, 5) is 7.01. The van der Waals surface area contributed by atoms with Crippen molar-refractivity contribution in [1.29, 1.82) is 0 Å². The fourth-order valence-electron chi connectivity index (χ4n) is 1.55. The lowest BCUT2D eigenvalue weighted by molar-refractivity contribution is 0.861. The first kappa shape index (κ1) is 13.7. The Bertz CT molecular complexity index is 514. The van der Waals surface area contributed by atoms with Crippen molar-refractivity contribution in [2.45, 2.75) is 26.3 Å². The highest BCUT2D eigenvalue weighted by Crippen LogP contribution is 2.37. The summed E-state index contributed by atoms with van der Waals surface area (Å²) in [6.07, 6.45) is 0.965. The van der Waals surface area contributed by atoms with Crippen molar-refractivity contribution in [3.63, 3.8) is 0 Å². The van der Waals surface area contributed by atoms with Crippen molar-refractivity contribution in [3.8, 4) is 0 Å². The maximum absolute atomic E-state index is 6.25. The van der Waals surface area contributed by atoms with Crippen LogP contribution >= 0.6 is 54.5 Å². The van der Waals surface area contributed by atoms with Crippen molar-refractivity contribution < 1.29 is 0 Å². The van der Waals surface area contributed by atoms with Crippen molar-refractivity contribution in [1.82, 2.24) is 4.98 Å². The Kier molecular flexibility index (Phi) is 4.41. The lowest BCUT2D eigenvalue weighted by Gasteiger charge is -2.04. The van der Waals surface area contributed by atoms with E-state index in [1.54, 1.807) is 22.7 Å². The van der Waals surface area contributed by atoms with E-state index >= 15 is 0 Å². The van der Waals surface area contributed by atoms with Crippen LogP contribution in [0, 0.1) is 6.92 Å². The number of thiazole rings is 1. The molecule has 92 valence electrons. The van der Waals surface area contributed by atoms with Gasteiger partial charge in [0, 0.05) is 14.2 Å². The molecule has 1 unspecified atom stereocenters. The molecular formula is C11H12Br2N2S2. The second kappa shape index (κ2) is 5.48. The molecule has 1 atom stereocenters. The monoisotopic (exact) mass is 394 g/mol. The Hall–Kier alpha value is 0.250. The van der Waals surface area contributed by atoms with E-state index < -0.39 is 0 Å². The predicted molar refractivity (Wildman–Crippen MR) is 82.0 cm³/mol. The van der Waals surface area contributed by atoms with Gasteiger partial charge >= 0.3 is 0 Å². The number of halogens is 2. The number of aromatic nitrogens is 1. The molecule has 0 saturated carbocycles. The summed E-state index contributed by atoms with van der Waals surface area (Å²) < 4.78 is 2.13. The minimum atomic E-state index is -0.119. The first-order valence-corrected chi connectivity index (χ1v) is 8.41. The molecule has 0 saturated heterocycles. The van der Waals surface area contributed by atoms with Gasteiger partial charge in [-0.1, -0.05) is 6.92 Å². The molecule has 2 rings (SSSR count). The van der Waals surface area contributed by atoms with Gasteiger partial charge in [-0.2, -0.15) is 0 Å². The number of hydrogen-bond acceptors (Lipinski definition) is 4. The van der Waals surface area contributed by atoms with Gasteiger partial charge in [-0.05, 0) is 51.3 Å². The van der Waals surface area contributed by atoms with E-state index in [4.69, 9.17) is 5.73 Å². The summed E-state index contributed by atoms with van der Waals surface area (Å²) in [6, 6.07) is 1.94. The van der Waals surface area contributed by atoms with E-state index in [9.17, 15) is 0 Å². The lowest BCUT2D eigenvalue weighted by atomic mass is 10.2. The zero-order chi connectivity index (χ0) is 12.6. The largest absolute Gasteiger partial charge is 0.318 e. The molecule has 2 nitrogen and oxygen atoms in total. The third-order valence-corrected chi connectivity index (χ3v) is 6.92. The number of nitrogens with zero attached hydrogens (tertiary/aromatic N) is 1. The normalized spacial score (nSPS) is 13.0. The van der Waals surface area contributed by atoms with Crippen LogP contribution in [0.25, 0.3) is 0 Å². The van der Waals surface area contributed by atoms with Crippen LogP contribution in [0.2, 0.25) is 0 Å².